The number of phenolic OH excluding ortho intramolecular Hbond substituents is 1. The Morgan fingerprint density at radius 1 is 1.16 bits per heavy atom. The predicted octanol–water partition coefficient (Wildman–Crippen LogP) is 1.83. The van der Waals surface area contributed by atoms with E-state index in [4.69, 9.17) is 14.2 Å². The molecule has 10 nitrogen and oxygen atoms in total. The number of esters is 1. The number of methoxy groups -OCH3 is 1. The molecular weight excluding hydrogens is 514 g/mol. The largest absolute Gasteiger partial charge is 0.507 e. The molecule has 1 saturated heterocycles. The highest BCUT2D eigenvalue weighted by atomic mass is 32.2. The molecule has 214 valence electrons. The van der Waals surface area contributed by atoms with Gasteiger partial charge in [0.2, 0.25) is 5.91 Å². The number of aromatic hydroxyl groups is 1. The normalized spacial score (nSPS) is 30.9. The van der Waals surface area contributed by atoms with Crippen molar-refractivity contribution >= 4 is 23.6 Å². The van der Waals surface area contributed by atoms with Crippen LogP contribution in [0.3, 0.4) is 0 Å². The zero-order valence-electron chi connectivity index (χ0n) is 22.2. The molecule has 0 aromatic heterocycles. The lowest BCUT2D eigenvalue weighted by molar-refractivity contribution is -0.212. The molecule has 38 heavy (non-hydrogen) atoms. The van der Waals surface area contributed by atoms with Gasteiger partial charge in [-0.05, 0) is 44.2 Å². The highest BCUT2D eigenvalue weighted by molar-refractivity contribution is 7.99. The number of amides is 1. The predicted molar refractivity (Wildman–Crippen MR) is 142 cm³/mol. The first-order valence-corrected chi connectivity index (χ1v) is 14.3. The van der Waals surface area contributed by atoms with Crippen molar-refractivity contribution in [1.29, 1.82) is 0 Å². The van der Waals surface area contributed by atoms with Crippen LogP contribution in [0, 0.1) is 11.8 Å². The van der Waals surface area contributed by atoms with Crippen LogP contribution in [0.25, 0.3) is 0 Å². The summed E-state index contributed by atoms with van der Waals surface area (Å²) in [6.07, 6.45) is -1.15. The van der Waals surface area contributed by atoms with Crippen LogP contribution in [-0.2, 0) is 19.0 Å². The van der Waals surface area contributed by atoms with Gasteiger partial charge in [-0.1, -0.05) is 31.9 Å². The van der Waals surface area contributed by atoms with E-state index in [9.17, 15) is 30.0 Å². The molecular formula is C27H41NO9S. The average Bonchev–Trinajstić information content (AvgIpc) is 3.38. The highest BCUT2D eigenvalue weighted by Crippen LogP contribution is 2.35. The number of hydrogen-bond acceptors (Lipinski definition) is 10. The third-order valence-corrected chi connectivity index (χ3v) is 8.60. The van der Waals surface area contributed by atoms with Gasteiger partial charge in [0, 0.05) is 18.8 Å². The molecule has 9 atom stereocenters. The summed E-state index contributed by atoms with van der Waals surface area (Å²) < 4.78 is 16.7. The van der Waals surface area contributed by atoms with Gasteiger partial charge in [-0.2, -0.15) is 0 Å². The fourth-order valence-corrected chi connectivity index (χ4v) is 6.19. The second-order valence-electron chi connectivity index (χ2n) is 10.1. The van der Waals surface area contributed by atoms with E-state index in [0.717, 1.165) is 43.9 Å². The monoisotopic (exact) mass is 555 g/mol. The number of aliphatic hydroxyl groups is 3. The van der Waals surface area contributed by atoms with Crippen LogP contribution >= 0.6 is 11.8 Å². The Hall–Kier alpha value is -1.89. The Labute approximate surface area is 228 Å². The SMILES string of the molecule is CCC[C@H]1CC[C@H](C(=O)N[C@@H]([C@H]2O[C@H](SCCOC(=O)c3ccccc3O)[C@H](O)[C@@H](O)[C@H]2O)[C@@H](C)OC)C1. The molecule has 1 amide bonds. The lowest BCUT2D eigenvalue weighted by Gasteiger charge is -2.44. The van der Waals surface area contributed by atoms with Crippen LogP contribution < -0.4 is 5.32 Å². The molecule has 0 spiro atoms. The van der Waals surface area contributed by atoms with Gasteiger partial charge in [-0.3, -0.25) is 4.79 Å². The van der Waals surface area contributed by atoms with Crippen LogP contribution in [0.1, 0.15) is 56.3 Å². The van der Waals surface area contributed by atoms with Crippen LogP contribution in [0.5, 0.6) is 5.75 Å². The van der Waals surface area contributed by atoms with Crippen LogP contribution in [0.4, 0.5) is 0 Å². The van der Waals surface area contributed by atoms with Gasteiger partial charge in [-0.25, -0.2) is 4.79 Å². The molecule has 0 unspecified atom stereocenters. The third kappa shape index (κ3) is 7.61. The maximum absolute atomic E-state index is 13.1. The summed E-state index contributed by atoms with van der Waals surface area (Å²) in [5.74, 6) is -0.383. The molecule has 1 aliphatic heterocycles. The van der Waals surface area contributed by atoms with Gasteiger partial charge in [0.15, 0.2) is 0 Å². The van der Waals surface area contributed by atoms with Gasteiger partial charge in [0.05, 0.1) is 12.1 Å². The minimum atomic E-state index is -1.51. The molecule has 1 aromatic rings. The van der Waals surface area contributed by atoms with Crippen LogP contribution in [-0.4, -0.2) is 93.8 Å². The Morgan fingerprint density at radius 2 is 1.89 bits per heavy atom. The molecule has 5 N–H and O–H groups in total. The summed E-state index contributed by atoms with van der Waals surface area (Å²) >= 11 is 1.11. The number of rotatable bonds is 12. The van der Waals surface area contributed by atoms with Gasteiger partial charge in [0.1, 0.15) is 47.8 Å². The fraction of sp³-hybridized carbons (Fsp3) is 0.704. The standard InChI is InChI=1S/C27H41NO9S/c1-4-7-16-10-11-17(14-16)25(33)28-20(15(2)35-3)24-22(31)21(30)23(32)27(37-24)38-13-12-36-26(34)18-8-5-6-9-19(18)29/h5-6,8-9,15-17,20-24,27,29-32H,4,7,10-14H2,1-3H3,(H,28,33)/t15-,16+,17+,20-,21+,22-,23-,24-,27-/m1/s1. The van der Waals surface area contributed by atoms with E-state index in [1.165, 1.54) is 19.2 Å². The molecule has 2 aliphatic rings. The molecule has 1 saturated carbocycles. The molecule has 2 fully saturated rings. The van der Waals surface area contributed by atoms with Crippen molar-refractivity contribution in [1.82, 2.24) is 5.32 Å². The van der Waals surface area contributed by atoms with Crippen molar-refractivity contribution in [2.75, 3.05) is 19.5 Å². The van der Waals surface area contributed by atoms with Crippen LogP contribution in [0.15, 0.2) is 24.3 Å². The maximum atomic E-state index is 13.1. The van der Waals surface area contributed by atoms with E-state index < -0.39 is 48.0 Å². The van der Waals surface area contributed by atoms with Crippen molar-refractivity contribution in [2.24, 2.45) is 11.8 Å². The molecule has 1 heterocycles. The first-order chi connectivity index (χ1) is 18.2. The van der Waals surface area contributed by atoms with E-state index in [0.29, 0.717) is 5.92 Å². The lowest BCUT2D eigenvalue weighted by atomic mass is 9.91. The summed E-state index contributed by atoms with van der Waals surface area (Å²) in [6.45, 7) is 3.84. The van der Waals surface area contributed by atoms with Gasteiger partial charge in [0.25, 0.3) is 0 Å². The topological polar surface area (TPSA) is 155 Å². The Kier molecular flexibility index (Phi) is 11.7. The summed E-state index contributed by atoms with van der Waals surface area (Å²) in [5.41, 5.74) is -0.911. The maximum Gasteiger partial charge on any atom is 0.341 e. The third-order valence-electron chi connectivity index (χ3n) is 7.48. The zero-order chi connectivity index (χ0) is 27.8. The second-order valence-corrected chi connectivity index (χ2v) is 11.3. The van der Waals surface area contributed by atoms with Gasteiger partial charge in [-0.15, -0.1) is 11.8 Å². The smallest absolute Gasteiger partial charge is 0.341 e. The fourth-order valence-electron chi connectivity index (χ4n) is 5.21. The lowest BCUT2D eigenvalue weighted by Crippen LogP contribution is -2.65. The number of ether oxygens (including phenoxy) is 3. The number of para-hydroxylation sites is 1. The highest BCUT2D eigenvalue weighted by Gasteiger charge is 2.49. The van der Waals surface area contributed by atoms with E-state index in [1.54, 1.807) is 19.1 Å². The number of carbonyl (C=O) groups excluding carboxylic acids is 2. The summed E-state index contributed by atoms with van der Waals surface area (Å²) in [7, 11) is 1.49. The quantitative estimate of drug-likeness (QED) is 0.191. The van der Waals surface area contributed by atoms with Gasteiger partial charge >= 0.3 is 5.97 Å². The Balaban J connectivity index is 1.60. The Bertz CT molecular complexity index is 918. The van der Waals surface area contributed by atoms with Crippen molar-refractivity contribution in [3.63, 3.8) is 0 Å². The zero-order valence-corrected chi connectivity index (χ0v) is 23.0. The Morgan fingerprint density at radius 3 is 2.58 bits per heavy atom. The first-order valence-electron chi connectivity index (χ1n) is 13.3. The van der Waals surface area contributed by atoms with Crippen molar-refractivity contribution in [3.8, 4) is 5.75 Å². The molecule has 1 aliphatic carbocycles. The number of carbonyl (C=O) groups is 2. The average molecular weight is 556 g/mol. The van der Waals surface area contributed by atoms with Crippen LogP contribution in [0.2, 0.25) is 0 Å². The molecule has 1 aromatic carbocycles. The number of aliphatic hydroxyl groups excluding tert-OH is 3. The molecule has 0 bridgehead atoms. The van der Waals surface area contributed by atoms with E-state index in [-0.39, 0.29) is 35.5 Å². The van der Waals surface area contributed by atoms with E-state index in [1.807, 2.05) is 0 Å². The minimum Gasteiger partial charge on any atom is -0.507 e. The number of phenols is 1. The van der Waals surface area contributed by atoms with E-state index in [2.05, 4.69) is 12.2 Å². The number of hydrogen-bond donors (Lipinski definition) is 5. The van der Waals surface area contributed by atoms with Crippen molar-refractivity contribution in [3.05, 3.63) is 29.8 Å². The molecule has 11 heteroatoms. The number of nitrogens with one attached hydrogen (secondary N) is 1. The summed E-state index contributed by atoms with van der Waals surface area (Å²) in [5, 5.41) is 44.7. The first kappa shape index (κ1) is 30.6. The summed E-state index contributed by atoms with van der Waals surface area (Å²) in [6, 6.07) is 5.27. The number of benzene rings is 1. The summed E-state index contributed by atoms with van der Waals surface area (Å²) in [4.78, 5) is 25.3. The van der Waals surface area contributed by atoms with Crippen molar-refractivity contribution < 1.29 is 44.2 Å². The van der Waals surface area contributed by atoms with E-state index >= 15 is 0 Å². The minimum absolute atomic E-state index is 0.0387. The number of thioether (sulfide) groups is 1. The van der Waals surface area contributed by atoms with Crippen molar-refractivity contribution in [2.45, 2.75) is 87.9 Å². The molecule has 0 radical (unpaired) electrons. The second kappa shape index (κ2) is 14.5. The molecule has 3 rings (SSSR count). The van der Waals surface area contributed by atoms with Gasteiger partial charge < -0.3 is 40.0 Å².